The SMILES string of the molecule is CCCCOc1cc(/C=C(/C)C(=O)OC)ccc1CCCc1ccc(OS(=O)(=O)CCCC)c(OC)c1. The van der Waals surface area contributed by atoms with Gasteiger partial charge in [-0.05, 0) is 80.0 Å². The number of benzene rings is 2. The van der Waals surface area contributed by atoms with Gasteiger partial charge in [-0.15, -0.1) is 0 Å². The number of methoxy groups -OCH3 is 2. The molecular formula is C29H40O7S. The number of rotatable bonds is 16. The topological polar surface area (TPSA) is 88.1 Å². The second kappa shape index (κ2) is 15.3. The lowest BCUT2D eigenvalue weighted by Gasteiger charge is -2.14. The van der Waals surface area contributed by atoms with Crippen LogP contribution in [0.2, 0.25) is 0 Å². The van der Waals surface area contributed by atoms with Gasteiger partial charge >= 0.3 is 16.1 Å². The summed E-state index contributed by atoms with van der Waals surface area (Å²) >= 11 is 0. The molecule has 0 spiro atoms. The first-order valence-corrected chi connectivity index (χ1v) is 14.4. The first kappa shape index (κ1) is 30.2. The van der Waals surface area contributed by atoms with Gasteiger partial charge in [0.05, 0.1) is 26.6 Å². The molecule has 0 aliphatic heterocycles. The van der Waals surface area contributed by atoms with Crippen molar-refractivity contribution < 1.29 is 31.6 Å². The van der Waals surface area contributed by atoms with Crippen LogP contribution in [0.4, 0.5) is 0 Å². The molecule has 0 aliphatic carbocycles. The van der Waals surface area contributed by atoms with Crippen molar-refractivity contribution in [3.8, 4) is 17.2 Å². The Morgan fingerprint density at radius 3 is 2.32 bits per heavy atom. The summed E-state index contributed by atoms with van der Waals surface area (Å²) in [6.45, 7) is 6.41. The summed E-state index contributed by atoms with van der Waals surface area (Å²) in [4.78, 5) is 11.8. The molecule has 0 bridgehead atoms. The monoisotopic (exact) mass is 532 g/mol. The minimum Gasteiger partial charge on any atom is -0.493 e. The third kappa shape index (κ3) is 10.1. The summed E-state index contributed by atoms with van der Waals surface area (Å²) in [6, 6.07) is 11.3. The molecule has 0 unspecified atom stereocenters. The zero-order valence-corrected chi connectivity index (χ0v) is 23.5. The van der Waals surface area contributed by atoms with Crippen LogP contribution in [0.25, 0.3) is 6.08 Å². The highest BCUT2D eigenvalue weighted by Crippen LogP contribution is 2.31. The van der Waals surface area contributed by atoms with E-state index >= 15 is 0 Å². The van der Waals surface area contributed by atoms with E-state index in [1.807, 2.05) is 37.3 Å². The highest BCUT2D eigenvalue weighted by Gasteiger charge is 2.16. The summed E-state index contributed by atoms with van der Waals surface area (Å²) in [6.07, 6.45) is 7.55. The fraction of sp³-hybridized carbons (Fsp3) is 0.483. The quantitative estimate of drug-likeness (QED) is 0.111. The van der Waals surface area contributed by atoms with Crippen LogP contribution in [0.1, 0.15) is 69.6 Å². The van der Waals surface area contributed by atoms with Gasteiger partial charge in [-0.25, -0.2) is 4.79 Å². The van der Waals surface area contributed by atoms with Crippen LogP contribution in [0, 0.1) is 0 Å². The Kier molecular flexibility index (Phi) is 12.5. The number of hydrogen-bond acceptors (Lipinski definition) is 7. The van der Waals surface area contributed by atoms with E-state index in [1.165, 1.54) is 14.2 Å². The molecule has 7 nitrogen and oxygen atoms in total. The molecule has 0 aromatic heterocycles. The molecule has 37 heavy (non-hydrogen) atoms. The van der Waals surface area contributed by atoms with Gasteiger partial charge < -0.3 is 18.4 Å². The van der Waals surface area contributed by atoms with Gasteiger partial charge in [-0.3, -0.25) is 0 Å². The largest absolute Gasteiger partial charge is 0.493 e. The molecule has 2 aromatic carbocycles. The van der Waals surface area contributed by atoms with Crippen molar-refractivity contribution in [1.29, 1.82) is 0 Å². The number of carbonyl (C=O) groups is 1. The van der Waals surface area contributed by atoms with Crippen molar-refractivity contribution in [2.45, 2.75) is 65.7 Å². The van der Waals surface area contributed by atoms with Crippen LogP contribution in [0.15, 0.2) is 42.0 Å². The number of carbonyl (C=O) groups excluding carboxylic acids is 1. The second-order valence-electron chi connectivity index (χ2n) is 8.93. The maximum absolute atomic E-state index is 12.2. The number of ether oxygens (including phenoxy) is 3. The van der Waals surface area contributed by atoms with Gasteiger partial charge in [0.2, 0.25) is 0 Å². The van der Waals surface area contributed by atoms with Gasteiger partial charge in [-0.2, -0.15) is 8.42 Å². The Hall–Kier alpha value is -3.00. The Morgan fingerprint density at radius 1 is 0.892 bits per heavy atom. The molecule has 0 radical (unpaired) electrons. The summed E-state index contributed by atoms with van der Waals surface area (Å²) < 4.78 is 45.9. The Labute approximate surface area is 221 Å². The second-order valence-corrected chi connectivity index (χ2v) is 10.6. The maximum atomic E-state index is 12.2. The third-order valence-corrected chi connectivity index (χ3v) is 7.06. The predicted molar refractivity (Wildman–Crippen MR) is 147 cm³/mol. The van der Waals surface area contributed by atoms with E-state index in [0.717, 1.165) is 61.0 Å². The summed E-state index contributed by atoms with van der Waals surface area (Å²) in [5.41, 5.74) is 3.52. The molecule has 2 rings (SSSR count). The van der Waals surface area contributed by atoms with E-state index in [2.05, 4.69) is 6.92 Å². The van der Waals surface area contributed by atoms with Crippen LogP contribution >= 0.6 is 0 Å². The van der Waals surface area contributed by atoms with Crippen molar-refractivity contribution in [3.05, 3.63) is 58.7 Å². The fourth-order valence-corrected chi connectivity index (χ4v) is 4.85. The summed E-state index contributed by atoms with van der Waals surface area (Å²) in [7, 11) is -0.780. The zero-order chi connectivity index (χ0) is 27.3. The number of unbranched alkanes of at least 4 members (excludes halogenated alkanes) is 2. The van der Waals surface area contributed by atoms with Crippen molar-refractivity contribution >= 4 is 22.2 Å². The van der Waals surface area contributed by atoms with Crippen molar-refractivity contribution in [3.63, 3.8) is 0 Å². The number of aryl methyl sites for hydroxylation is 2. The predicted octanol–water partition coefficient (Wildman–Crippen LogP) is 6.13. The van der Waals surface area contributed by atoms with Crippen LogP contribution in [-0.2, 0) is 32.5 Å². The Balaban J connectivity index is 2.11. The first-order chi connectivity index (χ1) is 17.7. The van der Waals surface area contributed by atoms with Gasteiger partial charge in [-0.1, -0.05) is 44.9 Å². The van der Waals surface area contributed by atoms with Crippen molar-refractivity contribution in [1.82, 2.24) is 0 Å². The van der Waals surface area contributed by atoms with Gasteiger partial charge in [0, 0.05) is 5.57 Å². The molecule has 2 aromatic rings. The standard InChI is InChI=1S/C29H40O7S/c1-6-8-17-35-27-21-24(19-22(3)29(30)34-5)13-15-25(27)12-10-11-23-14-16-26(28(20-23)33-4)36-37(31,32)18-9-7-2/h13-16,19-21H,6-12,17-18H2,1-5H3/b22-19-. The fourth-order valence-electron chi connectivity index (χ4n) is 3.72. The first-order valence-electron chi connectivity index (χ1n) is 12.8. The van der Waals surface area contributed by atoms with E-state index in [0.29, 0.717) is 24.4 Å². The minimum absolute atomic E-state index is 0.0199. The molecule has 0 saturated carbocycles. The van der Waals surface area contributed by atoms with E-state index in [1.54, 1.807) is 19.1 Å². The molecule has 0 amide bonds. The lowest BCUT2D eigenvalue weighted by atomic mass is 10.0. The molecular weight excluding hydrogens is 492 g/mol. The Morgan fingerprint density at radius 2 is 1.65 bits per heavy atom. The van der Waals surface area contributed by atoms with Crippen LogP contribution in [0.3, 0.4) is 0 Å². The zero-order valence-electron chi connectivity index (χ0n) is 22.7. The summed E-state index contributed by atoms with van der Waals surface area (Å²) in [5.74, 6) is 1.05. The molecule has 0 fully saturated rings. The summed E-state index contributed by atoms with van der Waals surface area (Å²) in [5, 5.41) is 0. The molecule has 0 atom stereocenters. The van der Waals surface area contributed by atoms with E-state index < -0.39 is 10.1 Å². The number of esters is 1. The molecule has 0 aliphatic rings. The Bertz CT molecular complexity index is 1150. The lowest BCUT2D eigenvalue weighted by Crippen LogP contribution is -2.14. The van der Waals surface area contributed by atoms with Crippen molar-refractivity contribution in [2.24, 2.45) is 0 Å². The number of hydrogen-bond donors (Lipinski definition) is 0. The normalized spacial score (nSPS) is 11.8. The van der Waals surface area contributed by atoms with E-state index in [9.17, 15) is 13.2 Å². The van der Waals surface area contributed by atoms with Crippen molar-refractivity contribution in [2.75, 3.05) is 26.6 Å². The van der Waals surface area contributed by atoms with Crippen LogP contribution in [0.5, 0.6) is 17.2 Å². The minimum atomic E-state index is -3.65. The van der Waals surface area contributed by atoms with Crippen LogP contribution < -0.4 is 13.7 Å². The van der Waals surface area contributed by atoms with E-state index in [-0.39, 0.29) is 17.5 Å². The molecule has 204 valence electrons. The molecule has 0 N–H and O–H groups in total. The van der Waals surface area contributed by atoms with E-state index in [4.69, 9.17) is 18.4 Å². The smallest absolute Gasteiger partial charge is 0.333 e. The maximum Gasteiger partial charge on any atom is 0.333 e. The van der Waals surface area contributed by atoms with Gasteiger partial charge in [0.1, 0.15) is 5.75 Å². The third-order valence-electron chi connectivity index (χ3n) is 5.84. The molecule has 0 heterocycles. The molecule has 0 saturated heterocycles. The lowest BCUT2D eigenvalue weighted by molar-refractivity contribution is -0.135. The van der Waals surface area contributed by atoms with Gasteiger partial charge in [0.25, 0.3) is 0 Å². The van der Waals surface area contributed by atoms with Gasteiger partial charge in [0.15, 0.2) is 11.5 Å². The highest BCUT2D eigenvalue weighted by atomic mass is 32.2. The van der Waals surface area contributed by atoms with Crippen LogP contribution in [-0.4, -0.2) is 41.0 Å². The average molecular weight is 533 g/mol. The molecule has 8 heteroatoms. The average Bonchev–Trinajstić information content (AvgIpc) is 2.88. The highest BCUT2D eigenvalue weighted by molar-refractivity contribution is 7.87.